The summed E-state index contributed by atoms with van der Waals surface area (Å²) in [6.07, 6.45) is 4.55. The van der Waals surface area contributed by atoms with E-state index in [4.69, 9.17) is 5.11 Å². The van der Waals surface area contributed by atoms with Crippen molar-refractivity contribution in [2.75, 3.05) is 13.2 Å². The van der Waals surface area contributed by atoms with Gasteiger partial charge in [0, 0.05) is 37.2 Å². The van der Waals surface area contributed by atoms with Crippen LogP contribution in [0.4, 0.5) is 5.69 Å². The largest absolute Gasteiger partial charge is 0.396 e. The highest BCUT2D eigenvalue weighted by Crippen LogP contribution is 2.24. The van der Waals surface area contributed by atoms with E-state index in [0.29, 0.717) is 12.2 Å². The van der Waals surface area contributed by atoms with Crippen LogP contribution in [0, 0.1) is 16.0 Å². The molecule has 0 saturated heterocycles. The Hall–Kier alpha value is -2.74. The molecule has 0 aliphatic heterocycles. The highest BCUT2D eigenvalue weighted by Gasteiger charge is 2.18. The van der Waals surface area contributed by atoms with Crippen molar-refractivity contribution in [3.8, 4) is 5.69 Å². The predicted octanol–water partition coefficient (Wildman–Crippen LogP) is 1.14. The fraction of sp³-hybridized carbons (Fsp3) is 0.286. The molecule has 0 bridgehead atoms. The molecule has 1 unspecified atom stereocenters. The van der Waals surface area contributed by atoms with Crippen LogP contribution in [0.2, 0.25) is 0 Å². The number of aliphatic hydroxyl groups excluding tert-OH is 1. The van der Waals surface area contributed by atoms with E-state index in [9.17, 15) is 14.9 Å². The van der Waals surface area contributed by atoms with Gasteiger partial charge in [0.05, 0.1) is 11.3 Å². The minimum absolute atomic E-state index is 0.0417. The maximum Gasteiger partial charge on any atom is 0.294 e. The van der Waals surface area contributed by atoms with Gasteiger partial charge in [0.25, 0.3) is 11.6 Å². The second-order valence-corrected chi connectivity index (χ2v) is 4.93. The first-order valence-corrected chi connectivity index (χ1v) is 6.68. The Labute approximate surface area is 126 Å². The number of nitro groups is 1. The number of nitro benzene ring substituents is 1. The number of imidazole rings is 1. The summed E-state index contributed by atoms with van der Waals surface area (Å²) in [6, 6.07) is 4.25. The molecule has 1 aromatic carbocycles. The van der Waals surface area contributed by atoms with Gasteiger partial charge >= 0.3 is 0 Å². The van der Waals surface area contributed by atoms with E-state index >= 15 is 0 Å². The number of carbonyl (C=O) groups is 1. The normalized spacial score (nSPS) is 11.9. The van der Waals surface area contributed by atoms with Crippen molar-refractivity contribution in [1.82, 2.24) is 14.9 Å². The Balaban J connectivity index is 2.26. The average molecular weight is 304 g/mol. The summed E-state index contributed by atoms with van der Waals surface area (Å²) < 4.78 is 1.51. The van der Waals surface area contributed by atoms with Gasteiger partial charge in [-0.1, -0.05) is 6.92 Å². The van der Waals surface area contributed by atoms with Gasteiger partial charge in [-0.15, -0.1) is 0 Å². The molecule has 0 aliphatic carbocycles. The van der Waals surface area contributed by atoms with E-state index in [2.05, 4.69) is 10.3 Å². The average Bonchev–Trinajstić information content (AvgIpc) is 3.05. The van der Waals surface area contributed by atoms with Gasteiger partial charge in [0.15, 0.2) is 0 Å². The minimum atomic E-state index is -0.539. The fourth-order valence-corrected chi connectivity index (χ4v) is 1.86. The van der Waals surface area contributed by atoms with Crippen LogP contribution in [0.3, 0.4) is 0 Å². The molecule has 2 aromatic rings. The molecule has 8 nitrogen and oxygen atoms in total. The monoisotopic (exact) mass is 304 g/mol. The summed E-state index contributed by atoms with van der Waals surface area (Å²) in [7, 11) is 0. The molecule has 0 radical (unpaired) electrons. The number of benzene rings is 1. The summed E-state index contributed by atoms with van der Waals surface area (Å²) in [5.74, 6) is -0.496. The lowest BCUT2D eigenvalue weighted by atomic mass is 10.1. The van der Waals surface area contributed by atoms with Gasteiger partial charge in [-0.25, -0.2) is 4.98 Å². The molecule has 0 aliphatic rings. The van der Waals surface area contributed by atoms with Crippen LogP contribution in [-0.4, -0.2) is 38.6 Å². The van der Waals surface area contributed by atoms with Crippen LogP contribution in [0.5, 0.6) is 0 Å². The lowest BCUT2D eigenvalue weighted by molar-refractivity contribution is -0.384. The maximum atomic E-state index is 12.0. The van der Waals surface area contributed by atoms with Crippen molar-refractivity contribution >= 4 is 11.6 Å². The summed E-state index contributed by atoms with van der Waals surface area (Å²) in [5.41, 5.74) is 0.351. The minimum Gasteiger partial charge on any atom is -0.396 e. The highest BCUT2D eigenvalue weighted by molar-refractivity contribution is 5.95. The smallest absolute Gasteiger partial charge is 0.294 e. The summed E-state index contributed by atoms with van der Waals surface area (Å²) in [4.78, 5) is 26.5. The Morgan fingerprint density at radius 3 is 2.91 bits per heavy atom. The molecule has 8 heteroatoms. The molecule has 1 heterocycles. The van der Waals surface area contributed by atoms with E-state index in [0.717, 1.165) is 0 Å². The zero-order valence-corrected chi connectivity index (χ0v) is 12.0. The van der Waals surface area contributed by atoms with Crippen molar-refractivity contribution in [1.29, 1.82) is 0 Å². The van der Waals surface area contributed by atoms with Crippen molar-refractivity contribution < 1.29 is 14.8 Å². The van der Waals surface area contributed by atoms with Crippen LogP contribution < -0.4 is 5.32 Å². The van der Waals surface area contributed by atoms with Crippen LogP contribution in [-0.2, 0) is 0 Å². The molecule has 116 valence electrons. The van der Waals surface area contributed by atoms with Crippen molar-refractivity contribution in [2.24, 2.45) is 5.92 Å². The third-order valence-electron chi connectivity index (χ3n) is 3.14. The summed E-state index contributed by atoms with van der Waals surface area (Å²) in [6.45, 7) is 2.04. The molecule has 1 aromatic heterocycles. The first-order chi connectivity index (χ1) is 10.5. The molecule has 2 rings (SSSR count). The van der Waals surface area contributed by atoms with Gasteiger partial charge in [0.1, 0.15) is 5.69 Å². The molecule has 0 spiro atoms. The third kappa shape index (κ3) is 3.47. The Morgan fingerprint density at radius 2 is 2.32 bits per heavy atom. The number of hydrogen-bond donors (Lipinski definition) is 2. The lowest BCUT2D eigenvalue weighted by Gasteiger charge is -2.10. The number of aromatic nitrogens is 2. The number of aliphatic hydroxyl groups is 1. The second kappa shape index (κ2) is 6.81. The molecule has 22 heavy (non-hydrogen) atoms. The topological polar surface area (TPSA) is 110 Å². The van der Waals surface area contributed by atoms with Gasteiger partial charge in [-0.3, -0.25) is 14.9 Å². The molecule has 0 saturated carbocycles. The van der Waals surface area contributed by atoms with Crippen molar-refractivity contribution in [3.05, 3.63) is 52.6 Å². The number of carbonyl (C=O) groups excluding carboxylic acids is 1. The van der Waals surface area contributed by atoms with Crippen LogP contribution in [0.25, 0.3) is 5.69 Å². The lowest BCUT2D eigenvalue weighted by Crippen LogP contribution is -2.29. The van der Waals surface area contributed by atoms with Gasteiger partial charge in [0.2, 0.25) is 0 Å². The summed E-state index contributed by atoms with van der Waals surface area (Å²) >= 11 is 0. The molecular formula is C14H16N4O4. The van der Waals surface area contributed by atoms with E-state index in [1.165, 1.54) is 35.3 Å². The SMILES string of the molecule is CC(CO)CNC(=O)c1ccc(-n2ccnc2)c([N+](=O)[O-])c1. The summed E-state index contributed by atoms with van der Waals surface area (Å²) in [5, 5.41) is 22.8. The van der Waals surface area contributed by atoms with Gasteiger partial charge in [-0.05, 0) is 18.1 Å². The molecule has 1 amide bonds. The third-order valence-corrected chi connectivity index (χ3v) is 3.14. The predicted molar refractivity (Wildman–Crippen MR) is 78.8 cm³/mol. The van der Waals surface area contributed by atoms with Crippen LogP contribution in [0.15, 0.2) is 36.9 Å². The highest BCUT2D eigenvalue weighted by atomic mass is 16.6. The van der Waals surface area contributed by atoms with E-state index in [1.807, 2.05) is 0 Å². The number of nitrogens with zero attached hydrogens (tertiary/aromatic N) is 3. The number of nitrogens with one attached hydrogen (secondary N) is 1. The quantitative estimate of drug-likeness (QED) is 0.614. The van der Waals surface area contributed by atoms with Gasteiger partial charge in [-0.2, -0.15) is 0 Å². The number of amides is 1. The fourth-order valence-electron chi connectivity index (χ4n) is 1.86. The van der Waals surface area contributed by atoms with Crippen LogP contribution in [0.1, 0.15) is 17.3 Å². The Morgan fingerprint density at radius 1 is 1.55 bits per heavy atom. The molecule has 1 atom stereocenters. The molecule has 2 N–H and O–H groups in total. The van der Waals surface area contributed by atoms with Gasteiger partial charge < -0.3 is 15.0 Å². The van der Waals surface area contributed by atoms with Crippen molar-refractivity contribution in [3.63, 3.8) is 0 Å². The standard InChI is InChI=1S/C14H16N4O4/c1-10(8-19)7-16-14(20)11-2-3-12(13(6-11)18(21)22)17-5-4-15-9-17/h2-6,9-10,19H,7-8H2,1H3,(H,16,20). The maximum absolute atomic E-state index is 12.0. The van der Waals surface area contributed by atoms with E-state index in [1.54, 1.807) is 13.1 Å². The molecular weight excluding hydrogens is 288 g/mol. The Kier molecular flexibility index (Phi) is 4.84. The van der Waals surface area contributed by atoms with E-state index < -0.39 is 10.8 Å². The van der Waals surface area contributed by atoms with E-state index in [-0.39, 0.29) is 23.8 Å². The second-order valence-electron chi connectivity index (χ2n) is 4.93. The van der Waals surface area contributed by atoms with Crippen LogP contribution >= 0.6 is 0 Å². The first-order valence-electron chi connectivity index (χ1n) is 6.68. The zero-order chi connectivity index (χ0) is 16.1. The zero-order valence-electron chi connectivity index (χ0n) is 12.0. The first kappa shape index (κ1) is 15.6. The Bertz CT molecular complexity index is 669. The molecule has 0 fully saturated rings. The number of rotatable bonds is 6. The van der Waals surface area contributed by atoms with Crippen molar-refractivity contribution in [2.45, 2.75) is 6.92 Å². The number of hydrogen-bond acceptors (Lipinski definition) is 5.